The molecule has 0 radical (unpaired) electrons. The number of methoxy groups -OCH3 is 2. The van der Waals surface area contributed by atoms with E-state index in [4.69, 9.17) is 24.7 Å². The van der Waals surface area contributed by atoms with Crippen LogP contribution in [0.4, 0.5) is 9.59 Å². The minimum absolute atomic E-state index is 0.0444. The summed E-state index contributed by atoms with van der Waals surface area (Å²) in [5.74, 6) is -3.97. The second-order valence-electron chi connectivity index (χ2n) is 20.4. The van der Waals surface area contributed by atoms with Crippen molar-refractivity contribution in [1.82, 2.24) is 41.3 Å². The summed E-state index contributed by atoms with van der Waals surface area (Å²) in [6, 6.07) is 2.82. The van der Waals surface area contributed by atoms with Crippen LogP contribution in [-0.2, 0) is 49.5 Å². The number of hydrogen-bond donors (Lipinski definition) is 6. The molecule has 0 aliphatic carbocycles. The maximum Gasteiger partial charge on any atom is 0.410 e. The average Bonchev–Trinajstić information content (AvgIpc) is 3.81. The number of nitrogens with zero attached hydrogens (tertiary/aromatic N) is 3. The standard InChI is InChI=1S/C51H75N9O13/c1-29-43(63)57-36(44(64)55-30(2)46(66)60-24-15-17-37(60)42(52)62)27-31-18-20-38(70-11)33(26-31)34-28-32(19-21-39(34)71-12)41(45(65)54-29)59(10)47(67)35(16-13-14-23-53-48(68)72-50(3,4)5)56-40(61)22-25-58(9)49(69)73-51(6,7)8/h18-21,26,28-30,35-37,41H,13-17,22-25,27H2,1-12H3,(H2,52,62)(H,53,68)(H,54,65)(H,55,64)(H,56,61)(H,57,63). The Morgan fingerprint density at radius 1 is 0.849 bits per heavy atom. The van der Waals surface area contributed by atoms with Crippen LogP contribution in [0.1, 0.15) is 111 Å². The van der Waals surface area contributed by atoms with E-state index in [2.05, 4.69) is 26.6 Å². The summed E-state index contributed by atoms with van der Waals surface area (Å²) < 4.78 is 22.3. The third-order valence-corrected chi connectivity index (χ3v) is 12.1. The van der Waals surface area contributed by atoms with Crippen LogP contribution in [0.5, 0.6) is 11.5 Å². The summed E-state index contributed by atoms with van der Waals surface area (Å²) in [6.07, 6.45) is 0.182. The second kappa shape index (κ2) is 25.5. The number of carbonyl (C=O) groups is 9. The predicted molar refractivity (Wildman–Crippen MR) is 269 cm³/mol. The lowest BCUT2D eigenvalue weighted by molar-refractivity contribution is -0.143. The van der Waals surface area contributed by atoms with Crippen LogP contribution in [0.3, 0.4) is 0 Å². The third kappa shape index (κ3) is 16.7. The summed E-state index contributed by atoms with van der Waals surface area (Å²) in [7, 11) is 5.80. The van der Waals surface area contributed by atoms with Gasteiger partial charge in [0.1, 0.15) is 59.0 Å². The van der Waals surface area contributed by atoms with Crippen LogP contribution in [0.2, 0.25) is 0 Å². The molecular formula is C51H75N9O13. The van der Waals surface area contributed by atoms with Crippen molar-refractivity contribution in [2.75, 3.05) is 47.9 Å². The van der Waals surface area contributed by atoms with Crippen LogP contribution in [0.25, 0.3) is 11.1 Å². The Kier molecular flexibility index (Phi) is 20.4. The second-order valence-corrected chi connectivity index (χ2v) is 20.4. The van der Waals surface area contributed by atoms with Crippen LogP contribution in [-0.4, -0.2) is 158 Å². The Morgan fingerprint density at radius 2 is 1.48 bits per heavy atom. The molecule has 1 fully saturated rings. The van der Waals surface area contributed by atoms with Crippen molar-refractivity contribution in [3.63, 3.8) is 0 Å². The maximum atomic E-state index is 14.9. The number of primary amides is 1. The molecule has 0 spiro atoms. The van der Waals surface area contributed by atoms with E-state index in [1.165, 1.54) is 56.9 Å². The lowest BCUT2D eigenvalue weighted by Gasteiger charge is -2.33. The highest BCUT2D eigenvalue weighted by Gasteiger charge is 2.38. The number of nitrogens with one attached hydrogen (secondary N) is 5. The number of fused-ring (bicyclic) bond motifs is 5. The minimum Gasteiger partial charge on any atom is -0.496 e. The highest BCUT2D eigenvalue weighted by Crippen LogP contribution is 2.40. The summed E-state index contributed by atoms with van der Waals surface area (Å²) in [5.41, 5.74) is 5.83. The Hall–Kier alpha value is -7.13. The smallest absolute Gasteiger partial charge is 0.410 e. The highest BCUT2D eigenvalue weighted by atomic mass is 16.6. The van der Waals surface area contributed by atoms with Crippen molar-refractivity contribution in [3.05, 3.63) is 47.5 Å². The fourth-order valence-electron chi connectivity index (χ4n) is 8.38. The predicted octanol–water partition coefficient (Wildman–Crippen LogP) is 2.83. The Balaban J connectivity index is 1.72. The Bertz CT molecular complexity index is 2360. The summed E-state index contributed by atoms with van der Waals surface area (Å²) >= 11 is 0. The Morgan fingerprint density at radius 3 is 2.10 bits per heavy atom. The van der Waals surface area contributed by atoms with E-state index in [0.29, 0.717) is 59.4 Å². The monoisotopic (exact) mass is 1020 g/mol. The molecule has 402 valence electrons. The molecule has 2 aliphatic heterocycles. The zero-order valence-corrected chi connectivity index (χ0v) is 44.2. The van der Waals surface area contributed by atoms with Gasteiger partial charge in [0.25, 0.3) is 0 Å². The molecule has 2 aromatic carbocycles. The van der Waals surface area contributed by atoms with Crippen LogP contribution < -0.4 is 41.8 Å². The van der Waals surface area contributed by atoms with Crippen molar-refractivity contribution < 1.29 is 62.1 Å². The molecule has 1 saturated heterocycles. The molecule has 0 aromatic heterocycles. The lowest BCUT2D eigenvalue weighted by atomic mass is 9.93. The van der Waals surface area contributed by atoms with Gasteiger partial charge in [0.2, 0.25) is 41.4 Å². The molecule has 22 nitrogen and oxygen atoms in total. The van der Waals surface area contributed by atoms with Gasteiger partial charge in [0, 0.05) is 57.7 Å². The molecule has 22 heteroatoms. The third-order valence-electron chi connectivity index (χ3n) is 12.1. The van der Waals surface area contributed by atoms with E-state index in [0.717, 1.165) is 0 Å². The van der Waals surface area contributed by atoms with Gasteiger partial charge in [-0.05, 0) is 123 Å². The molecule has 7 N–H and O–H groups in total. The number of hydrogen-bond acceptors (Lipinski definition) is 13. The van der Waals surface area contributed by atoms with Gasteiger partial charge in [-0.3, -0.25) is 33.6 Å². The molecule has 4 bridgehead atoms. The van der Waals surface area contributed by atoms with Gasteiger partial charge in [0.05, 0.1) is 14.2 Å². The number of carbonyl (C=O) groups excluding carboxylic acids is 9. The highest BCUT2D eigenvalue weighted by molar-refractivity contribution is 5.98. The number of benzene rings is 2. The minimum atomic E-state index is -1.45. The van der Waals surface area contributed by atoms with E-state index < -0.39 is 101 Å². The number of nitrogens with two attached hydrogens (primary N) is 1. The number of alkyl carbamates (subject to hydrolysis) is 1. The topological polar surface area (TPSA) is 286 Å². The first-order valence-electron chi connectivity index (χ1n) is 24.5. The summed E-state index contributed by atoms with van der Waals surface area (Å²) in [4.78, 5) is 126. The summed E-state index contributed by atoms with van der Waals surface area (Å²) in [5, 5.41) is 13.6. The quantitative estimate of drug-likeness (QED) is 0.125. The Labute approximate surface area is 427 Å². The van der Waals surface area contributed by atoms with Crippen LogP contribution in [0, 0.1) is 0 Å². The van der Waals surface area contributed by atoms with Gasteiger partial charge < -0.3 is 66.0 Å². The number of rotatable bonds is 17. The van der Waals surface area contributed by atoms with Crippen LogP contribution in [0.15, 0.2) is 36.4 Å². The summed E-state index contributed by atoms with van der Waals surface area (Å²) in [6.45, 7) is 13.7. The fraction of sp³-hybridized carbons (Fsp3) is 0.588. The fourth-order valence-corrected chi connectivity index (χ4v) is 8.38. The molecule has 2 aromatic rings. The van der Waals surface area contributed by atoms with Gasteiger partial charge in [-0.25, -0.2) is 9.59 Å². The van der Waals surface area contributed by atoms with Crippen molar-refractivity contribution in [1.29, 1.82) is 0 Å². The molecule has 9 amide bonds. The molecule has 2 aliphatic rings. The molecule has 0 saturated carbocycles. The largest absolute Gasteiger partial charge is 0.496 e. The number of ether oxygens (including phenoxy) is 4. The normalized spacial score (nSPS) is 18.8. The lowest BCUT2D eigenvalue weighted by Crippen LogP contribution is -2.58. The van der Waals surface area contributed by atoms with E-state index >= 15 is 0 Å². The van der Waals surface area contributed by atoms with Crippen molar-refractivity contribution in [2.24, 2.45) is 5.73 Å². The van der Waals surface area contributed by atoms with E-state index in [1.54, 1.807) is 77.9 Å². The van der Waals surface area contributed by atoms with Crippen molar-refractivity contribution >= 4 is 53.5 Å². The van der Waals surface area contributed by atoms with Crippen molar-refractivity contribution in [2.45, 2.75) is 148 Å². The zero-order valence-electron chi connectivity index (χ0n) is 44.2. The van der Waals surface area contributed by atoms with Crippen LogP contribution >= 0.6 is 0 Å². The molecular weight excluding hydrogens is 947 g/mol. The molecule has 73 heavy (non-hydrogen) atoms. The molecule has 6 atom stereocenters. The number of likely N-dealkylation sites (N-methyl/N-ethyl adjacent to an activating group) is 1. The maximum absolute atomic E-state index is 14.9. The van der Waals surface area contributed by atoms with Gasteiger partial charge >= 0.3 is 12.2 Å². The van der Waals surface area contributed by atoms with E-state index in [-0.39, 0.29) is 38.9 Å². The zero-order chi connectivity index (χ0) is 54.5. The first kappa shape index (κ1) is 58.4. The van der Waals surface area contributed by atoms with Gasteiger partial charge in [-0.15, -0.1) is 0 Å². The first-order chi connectivity index (χ1) is 34.1. The first-order valence-corrected chi connectivity index (χ1v) is 24.5. The molecule has 6 unspecified atom stereocenters. The van der Waals surface area contributed by atoms with Gasteiger partial charge in [-0.1, -0.05) is 12.1 Å². The average molecular weight is 1020 g/mol. The van der Waals surface area contributed by atoms with Crippen molar-refractivity contribution in [3.8, 4) is 22.6 Å². The van der Waals surface area contributed by atoms with E-state index in [9.17, 15) is 43.2 Å². The molecule has 4 rings (SSSR count). The SMILES string of the molecule is COc1ccc2cc1-c1cc(ccc1OC)C(N(C)C(=O)C(CCCCNC(=O)OC(C)(C)C)NC(=O)CCN(C)C(=O)OC(C)(C)C)C(=O)NC(C)C(=O)NC(C(=O)NC(C)C(=O)N1CCCC1C(N)=O)C2. The number of amides is 9. The number of unbranched alkanes of at least 4 members (excludes halogenated alkanes) is 1. The van der Waals surface area contributed by atoms with E-state index in [1.807, 2.05) is 0 Å². The van der Waals surface area contributed by atoms with Gasteiger partial charge in [-0.2, -0.15) is 0 Å². The van der Waals surface area contributed by atoms with Gasteiger partial charge in [0.15, 0.2) is 0 Å². The number of likely N-dealkylation sites (tertiary alicyclic amines) is 1. The molecule has 2 heterocycles.